The molecule has 2 aromatic rings. The summed E-state index contributed by atoms with van der Waals surface area (Å²) in [7, 11) is 0. The molecule has 0 saturated heterocycles. The smallest absolute Gasteiger partial charge is 0.291 e. The highest BCUT2D eigenvalue weighted by Gasteiger charge is 1.97. The molecule has 1 N–H and O–H groups in total. The summed E-state index contributed by atoms with van der Waals surface area (Å²) >= 11 is 0. The van der Waals surface area contributed by atoms with Crippen LogP contribution in [-0.4, -0.2) is 4.98 Å². The summed E-state index contributed by atoms with van der Waals surface area (Å²) in [6.45, 7) is 0. The first kappa shape index (κ1) is 5.29. The fraction of sp³-hybridized carbons (Fsp3) is 0. The first-order valence-corrected chi connectivity index (χ1v) is 2.93. The number of nitrogens with one attached hydrogen (secondary N) is 1. The maximum atomic E-state index is 10.9. The van der Waals surface area contributed by atoms with Gasteiger partial charge in [0, 0.05) is 11.6 Å². The molecule has 10 heavy (non-hydrogen) atoms. The van der Waals surface area contributed by atoms with Crippen molar-refractivity contribution in [3.05, 3.63) is 34.9 Å². The molecule has 3 nitrogen and oxygen atoms in total. The SMILES string of the molecule is O=c1[nH]ccc2ccoc12. The number of hydrogen-bond donors (Lipinski definition) is 1. The van der Waals surface area contributed by atoms with Crippen molar-refractivity contribution in [2.45, 2.75) is 0 Å². The number of aromatic nitrogens is 1. The number of furan rings is 1. The summed E-state index contributed by atoms with van der Waals surface area (Å²) in [6.07, 6.45) is 3.10. The van der Waals surface area contributed by atoms with E-state index in [0.717, 1.165) is 5.39 Å². The van der Waals surface area contributed by atoms with Gasteiger partial charge < -0.3 is 9.40 Å². The lowest BCUT2D eigenvalue weighted by Gasteiger charge is -1.82. The van der Waals surface area contributed by atoms with E-state index in [0.29, 0.717) is 5.58 Å². The van der Waals surface area contributed by atoms with Crippen molar-refractivity contribution in [1.29, 1.82) is 0 Å². The minimum absolute atomic E-state index is 0.178. The van der Waals surface area contributed by atoms with Crippen LogP contribution in [0.15, 0.2) is 33.8 Å². The Morgan fingerprint density at radius 2 is 2.30 bits per heavy atom. The highest BCUT2D eigenvalue weighted by molar-refractivity contribution is 5.75. The first-order valence-electron chi connectivity index (χ1n) is 2.93. The summed E-state index contributed by atoms with van der Waals surface area (Å²) in [5.74, 6) is 0. The van der Waals surface area contributed by atoms with Gasteiger partial charge in [-0.25, -0.2) is 0 Å². The summed E-state index contributed by atoms with van der Waals surface area (Å²) in [6, 6.07) is 3.55. The molecule has 0 atom stereocenters. The van der Waals surface area contributed by atoms with Gasteiger partial charge in [-0.05, 0) is 12.1 Å². The predicted molar refractivity (Wildman–Crippen MR) is 36.8 cm³/mol. The average Bonchev–Trinajstić information content (AvgIpc) is 2.36. The molecule has 0 saturated carbocycles. The van der Waals surface area contributed by atoms with Gasteiger partial charge in [0.05, 0.1) is 6.26 Å². The molecular weight excluding hydrogens is 130 g/mol. The zero-order valence-electron chi connectivity index (χ0n) is 5.13. The van der Waals surface area contributed by atoms with Crippen LogP contribution >= 0.6 is 0 Å². The molecular formula is C7H5NO2. The minimum atomic E-state index is -0.178. The molecule has 2 rings (SSSR count). The van der Waals surface area contributed by atoms with E-state index in [1.54, 1.807) is 18.3 Å². The van der Waals surface area contributed by atoms with Gasteiger partial charge in [0.15, 0.2) is 5.58 Å². The predicted octanol–water partition coefficient (Wildman–Crippen LogP) is 1.12. The highest BCUT2D eigenvalue weighted by Crippen LogP contribution is 2.07. The van der Waals surface area contributed by atoms with Gasteiger partial charge in [-0.1, -0.05) is 0 Å². The molecule has 50 valence electrons. The fourth-order valence-corrected chi connectivity index (χ4v) is 0.908. The third-order valence-electron chi connectivity index (χ3n) is 1.38. The maximum Gasteiger partial charge on any atom is 0.291 e. The van der Waals surface area contributed by atoms with Crippen molar-refractivity contribution >= 4 is 11.0 Å². The highest BCUT2D eigenvalue weighted by atomic mass is 16.3. The second kappa shape index (κ2) is 1.73. The van der Waals surface area contributed by atoms with Crippen LogP contribution in [0.2, 0.25) is 0 Å². The van der Waals surface area contributed by atoms with Crippen molar-refractivity contribution < 1.29 is 4.42 Å². The third-order valence-corrected chi connectivity index (χ3v) is 1.38. The van der Waals surface area contributed by atoms with Gasteiger partial charge in [-0.2, -0.15) is 0 Å². The van der Waals surface area contributed by atoms with Gasteiger partial charge in [0.25, 0.3) is 5.56 Å². The maximum absolute atomic E-state index is 10.9. The van der Waals surface area contributed by atoms with Crippen LogP contribution in [0.1, 0.15) is 0 Å². The molecule has 0 aliphatic rings. The van der Waals surface area contributed by atoms with Crippen LogP contribution in [0, 0.1) is 0 Å². The van der Waals surface area contributed by atoms with Gasteiger partial charge >= 0.3 is 0 Å². The Hall–Kier alpha value is -1.51. The average molecular weight is 135 g/mol. The number of hydrogen-bond acceptors (Lipinski definition) is 2. The van der Waals surface area contributed by atoms with Crippen LogP contribution in [-0.2, 0) is 0 Å². The normalized spacial score (nSPS) is 10.4. The molecule has 0 spiro atoms. The Morgan fingerprint density at radius 3 is 3.10 bits per heavy atom. The Bertz CT molecular complexity index is 399. The Morgan fingerprint density at radius 1 is 1.40 bits per heavy atom. The Balaban J connectivity index is 3.09. The van der Waals surface area contributed by atoms with Crippen LogP contribution in [0.25, 0.3) is 11.0 Å². The van der Waals surface area contributed by atoms with E-state index in [-0.39, 0.29) is 5.56 Å². The molecule has 0 unspecified atom stereocenters. The lowest BCUT2D eigenvalue weighted by atomic mass is 10.3. The summed E-state index contributed by atoms with van der Waals surface area (Å²) in [4.78, 5) is 13.4. The van der Waals surface area contributed by atoms with Crippen LogP contribution in [0.5, 0.6) is 0 Å². The molecule has 0 aliphatic carbocycles. The fourth-order valence-electron chi connectivity index (χ4n) is 0.908. The van der Waals surface area contributed by atoms with E-state index in [2.05, 4.69) is 4.98 Å². The van der Waals surface area contributed by atoms with E-state index >= 15 is 0 Å². The van der Waals surface area contributed by atoms with Gasteiger partial charge in [0.2, 0.25) is 0 Å². The molecule has 2 heterocycles. The van der Waals surface area contributed by atoms with Crippen molar-refractivity contribution in [2.75, 3.05) is 0 Å². The van der Waals surface area contributed by atoms with Crippen molar-refractivity contribution in [3.8, 4) is 0 Å². The molecule has 0 radical (unpaired) electrons. The Labute approximate surface area is 56.3 Å². The van der Waals surface area contributed by atoms with Crippen molar-refractivity contribution in [1.82, 2.24) is 4.98 Å². The second-order valence-corrected chi connectivity index (χ2v) is 2.01. The lowest BCUT2D eigenvalue weighted by Crippen LogP contribution is -2.01. The van der Waals surface area contributed by atoms with Gasteiger partial charge in [0.1, 0.15) is 0 Å². The molecule has 0 fully saturated rings. The number of aromatic amines is 1. The number of rotatable bonds is 0. The number of pyridine rings is 1. The zero-order chi connectivity index (χ0) is 6.97. The van der Waals surface area contributed by atoms with Gasteiger partial charge in [-0.15, -0.1) is 0 Å². The van der Waals surface area contributed by atoms with Crippen molar-refractivity contribution in [2.24, 2.45) is 0 Å². The quantitative estimate of drug-likeness (QED) is 0.588. The summed E-state index contributed by atoms with van der Waals surface area (Å²) in [5, 5.41) is 0.837. The lowest BCUT2D eigenvalue weighted by molar-refractivity contribution is 0.610. The van der Waals surface area contributed by atoms with E-state index < -0.39 is 0 Å². The monoisotopic (exact) mass is 135 g/mol. The topological polar surface area (TPSA) is 46.0 Å². The standard InChI is InChI=1S/C7H5NO2/c9-7-6-5(1-3-8-7)2-4-10-6/h1-4H,(H,8,9). The molecule has 0 aliphatic heterocycles. The van der Waals surface area contributed by atoms with E-state index in [1.807, 2.05) is 0 Å². The van der Waals surface area contributed by atoms with Crippen LogP contribution in [0.4, 0.5) is 0 Å². The molecule has 0 bridgehead atoms. The van der Waals surface area contributed by atoms with Gasteiger partial charge in [-0.3, -0.25) is 4.79 Å². The zero-order valence-corrected chi connectivity index (χ0v) is 5.13. The second-order valence-electron chi connectivity index (χ2n) is 2.01. The third kappa shape index (κ3) is 0.572. The Kier molecular flexibility index (Phi) is 0.917. The van der Waals surface area contributed by atoms with E-state index in [9.17, 15) is 4.79 Å². The van der Waals surface area contributed by atoms with E-state index in [4.69, 9.17) is 4.42 Å². The molecule has 3 heteroatoms. The number of fused-ring (bicyclic) bond motifs is 1. The first-order chi connectivity index (χ1) is 4.88. The molecule has 2 aromatic heterocycles. The molecule has 0 amide bonds. The molecule has 0 aromatic carbocycles. The number of H-pyrrole nitrogens is 1. The van der Waals surface area contributed by atoms with Crippen LogP contribution in [0.3, 0.4) is 0 Å². The largest absolute Gasteiger partial charge is 0.459 e. The van der Waals surface area contributed by atoms with Crippen LogP contribution < -0.4 is 5.56 Å². The van der Waals surface area contributed by atoms with E-state index in [1.165, 1.54) is 6.26 Å². The minimum Gasteiger partial charge on any atom is -0.459 e. The summed E-state index contributed by atoms with van der Waals surface area (Å²) < 4.78 is 4.90. The van der Waals surface area contributed by atoms with Crippen molar-refractivity contribution in [3.63, 3.8) is 0 Å². The summed E-state index contributed by atoms with van der Waals surface area (Å²) in [5.41, 5.74) is 0.213.